The molecule has 192 valence electrons. The molecule has 3 aromatic heterocycles. The Morgan fingerprint density at radius 2 is 2.00 bits per heavy atom. The van der Waals surface area contributed by atoms with Crippen molar-refractivity contribution < 1.29 is 15.1 Å². The number of aryl methyl sites for hydroxylation is 1. The van der Waals surface area contributed by atoms with Gasteiger partial charge in [0.15, 0.2) is 5.82 Å². The van der Waals surface area contributed by atoms with E-state index in [-0.39, 0.29) is 17.6 Å². The van der Waals surface area contributed by atoms with Crippen molar-refractivity contribution in [1.29, 1.82) is 0 Å². The molecule has 1 fully saturated rings. The molecule has 5 rings (SSSR count). The van der Waals surface area contributed by atoms with Gasteiger partial charge in [0.2, 0.25) is 5.91 Å². The lowest BCUT2D eigenvalue weighted by atomic mass is 9.95. The molecule has 1 atom stereocenters. The van der Waals surface area contributed by atoms with Gasteiger partial charge in [0, 0.05) is 58.7 Å². The Hall–Kier alpha value is -4.21. The maximum atomic E-state index is 13.6. The molecule has 1 saturated heterocycles. The molecule has 0 aliphatic carbocycles. The lowest BCUT2D eigenvalue weighted by molar-refractivity contribution is -0.145. The Labute approximate surface area is 221 Å². The average molecular weight is 505 g/mol. The largest absolute Gasteiger partial charge is 0.382 e. The minimum atomic E-state index is -2.60. The van der Waals surface area contributed by atoms with E-state index in [1.165, 1.54) is 32.6 Å². The molecule has 0 spiro atoms. The first-order chi connectivity index (χ1) is 19.1. The molecule has 10 nitrogen and oxygen atoms in total. The number of hydrogen-bond donors (Lipinski definition) is 1. The standard InChI is InChI=1S/C27H32N8O2/c1-16(2)34-14-20(13-30-34)21-12-23(35-24(21)25(28)29-15-31-35)19-8-7-17(3)22(11-19)32-9-10-33(18(4)36)27(5,6)26(32)37/h7-8,11-16H,9-10H2,1-6H3,(H2,28,29,31)/i1D3,16D. The van der Waals surface area contributed by atoms with E-state index >= 15 is 0 Å². The molecule has 1 unspecified atom stereocenters. The number of carbonyl (C=O) groups is 2. The van der Waals surface area contributed by atoms with Gasteiger partial charge in [-0.25, -0.2) is 9.50 Å². The Bertz CT molecular complexity index is 1690. The summed E-state index contributed by atoms with van der Waals surface area (Å²) in [6.07, 6.45) is 4.33. The summed E-state index contributed by atoms with van der Waals surface area (Å²) in [6.45, 7) is 6.35. The molecule has 2 amide bonds. The van der Waals surface area contributed by atoms with E-state index in [0.717, 1.165) is 21.5 Å². The van der Waals surface area contributed by atoms with Crippen LogP contribution in [0.4, 0.5) is 11.5 Å². The topological polar surface area (TPSA) is 115 Å². The fraction of sp³-hybridized carbons (Fsp3) is 0.370. The molecule has 4 aromatic rings. The van der Waals surface area contributed by atoms with E-state index < -0.39 is 18.4 Å². The molecule has 4 heterocycles. The highest BCUT2D eigenvalue weighted by molar-refractivity contribution is 6.03. The number of fused-ring (bicyclic) bond motifs is 1. The zero-order valence-electron chi connectivity index (χ0n) is 25.5. The summed E-state index contributed by atoms with van der Waals surface area (Å²) in [7, 11) is 0. The van der Waals surface area contributed by atoms with E-state index in [0.29, 0.717) is 35.4 Å². The molecule has 0 bridgehead atoms. The van der Waals surface area contributed by atoms with Gasteiger partial charge in [-0.3, -0.25) is 14.3 Å². The number of amides is 2. The predicted octanol–water partition coefficient (Wildman–Crippen LogP) is 3.71. The van der Waals surface area contributed by atoms with Gasteiger partial charge >= 0.3 is 0 Å². The minimum absolute atomic E-state index is 0.147. The van der Waals surface area contributed by atoms with Gasteiger partial charge < -0.3 is 15.5 Å². The number of piperazine rings is 1. The zero-order valence-corrected chi connectivity index (χ0v) is 21.5. The SMILES string of the molecule is [2H]C([2H])([2H])C([2H])(C)n1cc(-c2cc(-c3ccc(C)c(N4CCN(C(C)=O)C(C)(C)C4=O)c3)n3ncnc(N)c23)cn1. The fourth-order valence-corrected chi connectivity index (χ4v) is 5.01. The van der Waals surface area contributed by atoms with E-state index in [1.54, 1.807) is 28.2 Å². The highest BCUT2D eigenvalue weighted by atomic mass is 16.2. The fourth-order valence-electron chi connectivity index (χ4n) is 5.01. The van der Waals surface area contributed by atoms with Crippen LogP contribution in [0.2, 0.25) is 0 Å². The van der Waals surface area contributed by atoms with Crippen LogP contribution in [-0.2, 0) is 9.59 Å². The van der Waals surface area contributed by atoms with Crippen LogP contribution in [-0.4, -0.2) is 59.7 Å². The predicted molar refractivity (Wildman–Crippen MR) is 143 cm³/mol. The van der Waals surface area contributed by atoms with E-state index in [1.807, 2.05) is 31.2 Å². The molecule has 37 heavy (non-hydrogen) atoms. The third-order valence-corrected chi connectivity index (χ3v) is 6.99. The number of anilines is 2. The van der Waals surface area contributed by atoms with Crippen LogP contribution in [0.15, 0.2) is 43.0 Å². The second-order valence-electron chi connectivity index (χ2n) is 9.80. The van der Waals surface area contributed by atoms with Gasteiger partial charge in [-0.1, -0.05) is 12.1 Å². The third kappa shape index (κ3) is 3.92. The number of benzene rings is 1. The van der Waals surface area contributed by atoms with Crippen LogP contribution in [0.5, 0.6) is 0 Å². The Morgan fingerprint density at radius 3 is 2.73 bits per heavy atom. The lowest BCUT2D eigenvalue weighted by Gasteiger charge is -2.45. The van der Waals surface area contributed by atoms with Crippen molar-refractivity contribution in [2.45, 2.75) is 53.0 Å². The molecule has 1 aliphatic rings. The van der Waals surface area contributed by atoms with Gasteiger partial charge in [0.05, 0.1) is 13.3 Å². The van der Waals surface area contributed by atoms with Crippen molar-refractivity contribution in [1.82, 2.24) is 29.3 Å². The Morgan fingerprint density at radius 1 is 1.22 bits per heavy atom. The first-order valence-electron chi connectivity index (χ1n) is 13.9. The van der Waals surface area contributed by atoms with Crippen LogP contribution in [0, 0.1) is 6.92 Å². The van der Waals surface area contributed by atoms with E-state index in [2.05, 4.69) is 15.2 Å². The second kappa shape index (κ2) is 8.72. The Kier molecular flexibility index (Phi) is 4.69. The van der Waals surface area contributed by atoms with Crippen LogP contribution < -0.4 is 10.6 Å². The number of rotatable bonds is 4. The van der Waals surface area contributed by atoms with Crippen molar-refractivity contribution >= 4 is 28.8 Å². The summed E-state index contributed by atoms with van der Waals surface area (Å²) >= 11 is 0. The highest BCUT2D eigenvalue weighted by Crippen LogP contribution is 2.37. The van der Waals surface area contributed by atoms with E-state index in [4.69, 9.17) is 11.2 Å². The number of nitrogens with zero attached hydrogens (tertiary/aromatic N) is 7. The van der Waals surface area contributed by atoms with Crippen molar-refractivity contribution in [2.24, 2.45) is 0 Å². The van der Waals surface area contributed by atoms with Gasteiger partial charge in [0.1, 0.15) is 17.4 Å². The van der Waals surface area contributed by atoms with Crippen molar-refractivity contribution in [2.75, 3.05) is 23.7 Å². The summed E-state index contributed by atoms with van der Waals surface area (Å²) in [5.74, 6) is -0.111. The van der Waals surface area contributed by atoms with Crippen LogP contribution in [0.25, 0.3) is 27.9 Å². The summed E-state index contributed by atoms with van der Waals surface area (Å²) in [4.78, 5) is 33.2. The number of carbonyl (C=O) groups excluding carboxylic acids is 2. The highest BCUT2D eigenvalue weighted by Gasteiger charge is 2.43. The van der Waals surface area contributed by atoms with E-state index in [9.17, 15) is 9.59 Å². The summed E-state index contributed by atoms with van der Waals surface area (Å²) < 4.78 is 34.4. The minimum Gasteiger partial charge on any atom is -0.382 e. The zero-order chi connectivity index (χ0) is 30.1. The number of aromatic nitrogens is 5. The molecule has 1 aliphatic heterocycles. The molecule has 1 aromatic carbocycles. The number of nitrogen functional groups attached to an aromatic ring is 1. The van der Waals surface area contributed by atoms with Crippen molar-refractivity contribution in [3.05, 3.63) is 48.5 Å². The number of nitrogens with two attached hydrogens (primary N) is 1. The Balaban J connectivity index is 1.62. The molecule has 0 saturated carbocycles. The lowest BCUT2D eigenvalue weighted by Crippen LogP contribution is -2.64. The quantitative estimate of drug-likeness (QED) is 0.453. The van der Waals surface area contributed by atoms with Crippen LogP contribution in [0.3, 0.4) is 0 Å². The summed E-state index contributed by atoms with van der Waals surface area (Å²) in [5.41, 5.74) is 9.98. The first kappa shape index (κ1) is 19.9. The van der Waals surface area contributed by atoms with Crippen molar-refractivity contribution in [3.63, 3.8) is 0 Å². The van der Waals surface area contributed by atoms with Gasteiger partial charge in [-0.05, 0) is 52.2 Å². The van der Waals surface area contributed by atoms with Crippen LogP contribution in [0.1, 0.15) is 51.6 Å². The molecule has 0 radical (unpaired) electrons. The summed E-state index contributed by atoms with van der Waals surface area (Å²) in [5, 5.41) is 8.62. The normalized spacial score (nSPS) is 19.2. The third-order valence-electron chi connectivity index (χ3n) is 6.99. The van der Waals surface area contributed by atoms with Gasteiger partial charge in [0.25, 0.3) is 5.91 Å². The maximum absolute atomic E-state index is 13.6. The molecule has 10 heteroatoms. The van der Waals surface area contributed by atoms with Crippen LogP contribution >= 0.6 is 0 Å². The van der Waals surface area contributed by atoms with Gasteiger partial charge in [-0.2, -0.15) is 10.2 Å². The monoisotopic (exact) mass is 504 g/mol. The smallest absolute Gasteiger partial charge is 0.252 e. The average Bonchev–Trinajstić information content (AvgIpc) is 3.52. The molecule has 2 N–H and O–H groups in total. The van der Waals surface area contributed by atoms with Gasteiger partial charge in [-0.15, -0.1) is 0 Å². The summed E-state index contributed by atoms with van der Waals surface area (Å²) in [6, 6.07) is 5.63. The maximum Gasteiger partial charge on any atom is 0.252 e. The second-order valence-corrected chi connectivity index (χ2v) is 9.80. The number of hydrogen-bond acceptors (Lipinski definition) is 6. The molecular formula is C27H32N8O2. The van der Waals surface area contributed by atoms with Crippen molar-refractivity contribution in [3.8, 4) is 22.4 Å². The molecular weight excluding hydrogens is 468 g/mol. The first-order valence-corrected chi connectivity index (χ1v) is 11.9.